The molecule has 0 bridgehead atoms. The van der Waals surface area contributed by atoms with Crippen LogP contribution >= 0.6 is 0 Å². The Morgan fingerprint density at radius 3 is 3.04 bits per heavy atom. The molecule has 24 heavy (non-hydrogen) atoms. The lowest BCUT2D eigenvalue weighted by molar-refractivity contribution is 0.138. The van der Waals surface area contributed by atoms with Crippen molar-refractivity contribution >= 4 is 0 Å². The van der Waals surface area contributed by atoms with Gasteiger partial charge in [-0.2, -0.15) is 5.10 Å². The predicted molar refractivity (Wildman–Crippen MR) is 93.2 cm³/mol. The molecule has 0 radical (unpaired) electrons. The van der Waals surface area contributed by atoms with Crippen LogP contribution in [0.1, 0.15) is 55.4 Å². The maximum atomic E-state index is 5.98. The van der Waals surface area contributed by atoms with Crippen molar-refractivity contribution in [2.45, 2.75) is 58.1 Å². The van der Waals surface area contributed by atoms with Crippen molar-refractivity contribution in [3.05, 3.63) is 41.0 Å². The van der Waals surface area contributed by atoms with Crippen LogP contribution in [0.3, 0.4) is 0 Å². The molecule has 1 atom stereocenters. The van der Waals surface area contributed by atoms with E-state index in [4.69, 9.17) is 4.74 Å². The van der Waals surface area contributed by atoms with E-state index in [1.807, 2.05) is 6.92 Å². The molecule has 5 heteroatoms. The van der Waals surface area contributed by atoms with Crippen molar-refractivity contribution in [3.63, 3.8) is 0 Å². The summed E-state index contributed by atoms with van der Waals surface area (Å²) in [5.74, 6) is 3.38. The molecule has 5 nitrogen and oxygen atoms in total. The minimum Gasteiger partial charge on any atom is -0.487 e. The SMILES string of the molecule is Cc1nc([C@@H]2CCCN(Cc3ccc4c(c3)CC(C)(C)O4)C2)n[nH]1. The topological polar surface area (TPSA) is 54.0 Å². The van der Waals surface area contributed by atoms with Gasteiger partial charge in [0.15, 0.2) is 5.82 Å². The molecule has 2 aliphatic rings. The minimum atomic E-state index is -0.0688. The summed E-state index contributed by atoms with van der Waals surface area (Å²) in [5.41, 5.74) is 2.65. The van der Waals surface area contributed by atoms with Gasteiger partial charge in [0.25, 0.3) is 0 Å². The van der Waals surface area contributed by atoms with Crippen molar-refractivity contribution in [3.8, 4) is 5.75 Å². The van der Waals surface area contributed by atoms with Gasteiger partial charge in [0.2, 0.25) is 0 Å². The molecular weight excluding hydrogens is 300 g/mol. The number of H-pyrrole nitrogens is 1. The summed E-state index contributed by atoms with van der Waals surface area (Å²) >= 11 is 0. The lowest BCUT2D eigenvalue weighted by Crippen LogP contribution is -2.34. The first-order chi connectivity index (χ1) is 11.5. The number of piperidine rings is 1. The van der Waals surface area contributed by atoms with E-state index >= 15 is 0 Å². The van der Waals surface area contributed by atoms with Crippen LogP contribution < -0.4 is 4.74 Å². The number of fused-ring (bicyclic) bond motifs is 1. The molecule has 0 amide bonds. The second-order valence-electron chi connectivity index (χ2n) is 7.83. The summed E-state index contributed by atoms with van der Waals surface area (Å²) in [7, 11) is 0. The van der Waals surface area contributed by atoms with Crippen LogP contribution in [0.5, 0.6) is 5.75 Å². The zero-order valence-corrected chi connectivity index (χ0v) is 14.8. The third-order valence-electron chi connectivity index (χ3n) is 5.02. The molecule has 4 rings (SSSR count). The quantitative estimate of drug-likeness (QED) is 0.941. The Morgan fingerprint density at radius 2 is 2.25 bits per heavy atom. The van der Waals surface area contributed by atoms with Crippen LogP contribution in [-0.2, 0) is 13.0 Å². The van der Waals surface area contributed by atoms with E-state index in [9.17, 15) is 0 Å². The summed E-state index contributed by atoms with van der Waals surface area (Å²) in [5, 5.41) is 7.34. The average molecular weight is 326 g/mol. The highest BCUT2D eigenvalue weighted by Crippen LogP contribution is 2.35. The van der Waals surface area contributed by atoms with Crippen LogP contribution in [0.25, 0.3) is 0 Å². The smallest absolute Gasteiger partial charge is 0.155 e. The standard InChI is InChI=1S/C19H26N4O/c1-13-20-18(22-21-13)15-5-4-8-23(12-15)11-14-6-7-17-16(9-14)10-19(2,3)24-17/h6-7,9,15H,4-5,8,10-12H2,1-3H3,(H,20,21,22)/t15-/m1/s1. The van der Waals surface area contributed by atoms with Gasteiger partial charge in [-0.25, -0.2) is 4.98 Å². The lowest BCUT2D eigenvalue weighted by atomic mass is 9.96. The van der Waals surface area contributed by atoms with Crippen LogP contribution in [0, 0.1) is 6.92 Å². The lowest BCUT2D eigenvalue weighted by Gasteiger charge is -2.31. The molecule has 1 N–H and O–H groups in total. The average Bonchev–Trinajstić information content (AvgIpc) is 3.09. The first-order valence-electron chi connectivity index (χ1n) is 8.91. The number of nitrogens with zero attached hydrogens (tertiary/aromatic N) is 3. The van der Waals surface area contributed by atoms with Crippen molar-refractivity contribution in [2.24, 2.45) is 0 Å². The number of hydrogen-bond donors (Lipinski definition) is 1. The van der Waals surface area contributed by atoms with Crippen LogP contribution in [0.15, 0.2) is 18.2 Å². The van der Waals surface area contributed by atoms with E-state index in [0.717, 1.165) is 43.5 Å². The van der Waals surface area contributed by atoms with Crippen molar-refractivity contribution in [1.82, 2.24) is 20.1 Å². The summed E-state index contributed by atoms with van der Waals surface area (Å²) in [6.07, 6.45) is 3.38. The molecule has 1 fully saturated rings. The Kier molecular flexibility index (Phi) is 3.83. The van der Waals surface area contributed by atoms with Gasteiger partial charge in [-0.3, -0.25) is 10.00 Å². The van der Waals surface area contributed by atoms with Gasteiger partial charge in [0, 0.05) is 25.4 Å². The number of ether oxygens (including phenoxy) is 1. The van der Waals surface area contributed by atoms with E-state index in [-0.39, 0.29) is 5.60 Å². The number of hydrogen-bond acceptors (Lipinski definition) is 4. The molecular formula is C19H26N4O. The molecule has 128 valence electrons. The largest absolute Gasteiger partial charge is 0.487 e. The molecule has 2 aliphatic heterocycles. The van der Waals surface area contributed by atoms with Gasteiger partial charge in [-0.15, -0.1) is 0 Å². The highest BCUT2D eigenvalue weighted by atomic mass is 16.5. The molecule has 1 aromatic carbocycles. The predicted octanol–water partition coefficient (Wildman–Crippen LogP) is 3.21. The van der Waals surface area contributed by atoms with Gasteiger partial charge >= 0.3 is 0 Å². The summed E-state index contributed by atoms with van der Waals surface area (Å²) < 4.78 is 5.98. The third-order valence-corrected chi connectivity index (χ3v) is 5.02. The second-order valence-corrected chi connectivity index (χ2v) is 7.83. The Labute approximate surface area is 143 Å². The zero-order chi connectivity index (χ0) is 16.7. The van der Waals surface area contributed by atoms with Gasteiger partial charge in [-0.05, 0) is 57.4 Å². The first-order valence-corrected chi connectivity index (χ1v) is 8.91. The third kappa shape index (κ3) is 3.18. The van der Waals surface area contributed by atoms with E-state index in [1.54, 1.807) is 0 Å². The molecule has 1 saturated heterocycles. The first kappa shape index (κ1) is 15.6. The maximum absolute atomic E-state index is 5.98. The fourth-order valence-corrected chi connectivity index (χ4v) is 3.97. The normalized spacial score (nSPS) is 23.0. The zero-order valence-electron chi connectivity index (χ0n) is 14.8. The summed E-state index contributed by atoms with van der Waals surface area (Å²) in [4.78, 5) is 7.06. The molecule has 1 aromatic heterocycles. The fraction of sp³-hybridized carbons (Fsp3) is 0.579. The van der Waals surface area contributed by atoms with Crippen molar-refractivity contribution in [2.75, 3.05) is 13.1 Å². The number of benzene rings is 1. The van der Waals surface area contributed by atoms with Crippen LogP contribution in [0.4, 0.5) is 0 Å². The van der Waals surface area contributed by atoms with Gasteiger partial charge in [-0.1, -0.05) is 12.1 Å². The number of aromatic amines is 1. The molecule has 0 spiro atoms. The summed E-state index contributed by atoms with van der Waals surface area (Å²) in [6.45, 7) is 9.45. The van der Waals surface area contributed by atoms with Crippen LogP contribution in [-0.4, -0.2) is 38.8 Å². The molecule has 3 heterocycles. The number of likely N-dealkylation sites (tertiary alicyclic amines) is 1. The Balaban J connectivity index is 1.44. The Morgan fingerprint density at radius 1 is 1.38 bits per heavy atom. The minimum absolute atomic E-state index is 0.0688. The Bertz CT molecular complexity index is 737. The molecule has 2 aromatic rings. The fourth-order valence-electron chi connectivity index (χ4n) is 3.97. The van der Waals surface area contributed by atoms with E-state index in [2.05, 4.69) is 52.1 Å². The van der Waals surface area contributed by atoms with Gasteiger partial charge in [0.1, 0.15) is 17.2 Å². The second kappa shape index (κ2) is 5.88. The summed E-state index contributed by atoms with van der Waals surface area (Å²) in [6, 6.07) is 6.67. The number of aromatic nitrogens is 3. The van der Waals surface area contributed by atoms with E-state index < -0.39 is 0 Å². The number of aryl methyl sites for hydroxylation is 1. The van der Waals surface area contributed by atoms with Gasteiger partial charge in [0.05, 0.1) is 0 Å². The molecule has 0 unspecified atom stereocenters. The van der Waals surface area contributed by atoms with Gasteiger partial charge < -0.3 is 4.74 Å². The van der Waals surface area contributed by atoms with E-state index in [1.165, 1.54) is 24.0 Å². The molecule has 0 saturated carbocycles. The number of rotatable bonds is 3. The van der Waals surface area contributed by atoms with Crippen molar-refractivity contribution in [1.29, 1.82) is 0 Å². The van der Waals surface area contributed by atoms with Crippen molar-refractivity contribution < 1.29 is 4.74 Å². The molecule has 0 aliphatic carbocycles. The Hall–Kier alpha value is -1.88. The number of nitrogens with one attached hydrogen (secondary N) is 1. The maximum Gasteiger partial charge on any atom is 0.155 e. The highest BCUT2D eigenvalue weighted by molar-refractivity contribution is 5.41. The monoisotopic (exact) mass is 326 g/mol. The van der Waals surface area contributed by atoms with E-state index in [0.29, 0.717) is 5.92 Å². The highest BCUT2D eigenvalue weighted by Gasteiger charge is 2.30. The van der Waals surface area contributed by atoms with Crippen LogP contribution in [0.2, 0.25) is 0 Å².